The Bertz CT molecular complexity index is 899. The van der Waals surface area contributed by atoms with E-state index in [0.29, 0.717) is 18.0 Å². The van der Waals surface area contributed by atoms with Gasteiger partial charge in [-0.3, -0.25) is 4.99 Å². The van der Waals surface area contributed by atoms with Crippen LogP contribution in [0, 0.1) is 6.92 Å². The normalized spacial score (nSPS) is 21.5. The fraction of sp³-hybridized carbons (Fsp3) is 0.480. The third-order valence-corrected chi connectivity index (χ3v) is 6.46. The number of anilines is 1. The summed E-state index contributed by atoms with van der Waals surface area (Å²) < 4.78 is 10.8. The minimum atomic E-state index is 0.422. The van der Waals surface area contributed by atoms with Gasteiger partial charge in [-0.1, -0.05) is 24.3 Å². The van der Waals surface area contributed by atoms with Gasteiger partial charge in [-0.05, 0) is 37.3 Å². The van der Waals surface area contributed by atoms with Crippen molar-refractivity contribution in [2.24, 2.45) is 4.99 Å². The van der Waals surface area contributed by atoms with Crippen LogP contribution < -0.4 is 25.0 Å². The lowest BCUT2D eigenvalue weighted by Crippen LogP contribution is -2.49. The van der Waals surface area contributed by atoms with Crippen LogP contribution in [-0.2, 0) is 0 Å². The molecule has 6 heteroatoms. The molecule has 2 fully saturated rings. The molecule has 4 rings (SSSR count). The number of aliphatic imine (C=N–C) groups is 1. The Morgan fingerprint density at radius 3 is 2.29 bits per heavy atom. The summed E-state index contributed by atoms with van der Waals surface area (Å²) in [6.45, 7) is 4.17. The molecule has 0 spiro atoms. The van der Waals surface area contributed by atoms with Crippen LogP contribution in [0.5, 0.6) is 11.5 Å². The quantitative estimate of drug-likeness (QED) is 0.549. The molecule has 1 saturated carbocycles. The lowest BCUT2D eigenvalue weighted by Gasteiger charge is -2.35. The Labute approximate surface area is 185 Å². The molecule has 2 unspecified atom stereocenters. The molecule has 2 aromatic rings. The number of hydrogen-bond acceptors (Lipinski definition) is 4. The highest BCUT2D eigenvalue weighted by molar-refractivity contribution is 5.81. The molecule has 166 valence electrons. The van der Waals surface area contributed by atoms with Crippen LogP contribution in [0.2, 0.25) is 0 Å². The van der Waals surface area contributed by atoms with E-state index in [-0.39, 0.29) is 0 Å². The van der Waals surface area contributed by atoms with Crippen molar-refractivity contribution in [1.29, 1.82) is 0 Å². The van der Waals surface area contributed by atoms with Crippen LogP contribution in [-0.4, -0.2) is 52.4 Å². The van der Waals surface area contributed by atoms with Crippen LogP contribution in [0.15, 0.2) is 47.5 Å². The maximum Gasteiger partial charge on any atom is 0.191 e. The SMILES string of the molecule is CN=C(NC1CCN(c2cc(OC)cc(OC)c2)CC1)NC1CC1c1ccccc1C. The number of nitrogens with zero attached hydrogens (tertiary/aromatic N) is 2. The third-order valence-electron chi connectivity index (χ3n) is 6.46. The van der Waals surface area contributed by atoms with Crippen molar-refractivity contribution in [1.82, 2.24) is 10.6 Å². The Kier molecular flexibility index (Phi) is 6.54. The van der Waals surface area contributed by atoms with Gasteiger partial charge >= 0.3 is 0 Å². The average molecular weight is 423 g/mol. The molecule has 1 heterocycles. The van der Waals surface area contributed by atoms with Gasteiger partial charge in [0.25, 0.3) is 0 Å². The van der Waals surface area contributed by atoms with E-state index in [4.69, 9.17) is 9.47 Å². The maximum absolute atomic E-state index is 5.42. The number of nitrogens with one attached hydrogen (secondary N) is 2. The van der Waals surface area contributed by atoms with Crippen LogP contribution in [0.4, 0.5) is 5.69 Å². The van der Waals surface area contributed by atoms with Crippen molar-refractivity contribution >= 4 is 11.6 Å². The van der Waals surface area contributed by atoms with Crippen molar-refractivity contribution < 1.29 is 9.47 Å². The smallest absolute Gasteiger partial charge is 0.191 e. The summed E-state index contributed by atoms with van der Waals surface area (Å²) in [4.78, 5) is 6.88. The number of benzene rings is 2. The number of piperidine rings is 1. The first-order valence-corrected chi connectivity index (χ1v) is 11.1. The third kappa shape index (κ3) is 5.06. The van der Waals surface area contributed by atoms with E-state index in [1.165, 1.54) is 17.5 Å². The summed E-state index contributed by atoms with van der Waals surface area (Å²) in [5.41, 5.74) is 3.98. The summed E-state index contributed by atoms with van der Waals surface area (Å²) in [7, 11) is 5.24. The fourth-order valence-corrected chi connectivity index (χ4v) is 4.50. The average Bonchev–Trinajstić information content (AvgIpc) is 3.57. The molecule has 1 aliphatic heterocycles. The van der Waals surface area contributed by atoms with Crippen LogP contribution in [0.25, 0.3) is 0 Å². The van der Waals surface area contributed by atoms with Crippen LogP contribution in [0.3, 0.4) is 0 Å². The van der Waals surface area contributed by atoms with Crippen molar-refractivity contribution in [2.45, 2.75) is 44.2 Å². The summed E-state index contributed by atoms with van der Waals surface area (Å²) in [6, 6.07) is 15.7. The molecule has 0 bridgehead atoms. The van der Waals surface area contributed by atoms with E-state index in [9.17, 15) is 0 Å². The van der Waals surface area contributed by atoms with Gasteiger partial charge < -0.3 is 25.0 Å². The molecule has 0 radical (unpaired) electrons. The van der Waals surface area contributed by atoms with Crippen molar-refractivity contribution in [3.63, 3.8) is 0 Å². The number of methoxy groups -OCH3 is 2. The van der Waals surface area contributed by atoms with E-state index in [1.54, 1.807) is 14.2 Å². The molecule has 2 atom stereocenters. The molecule has 0 amide bonds. The van der Waals surface area contributed by atoms with E-state index in [0.717, 1.165) is 49.1 Å². The van der Waals surface area contributed by atoms with Crippen molar-refractivity contribution in [3.05, 3.63) is 53.6 Å². The Morgan fingerprint density at radius 1 is 1.00 bits per heavy atom. The first-order chi connectivity index (χ1) is 15.1. The number of aryl methyl sites for hydroxylation is 1. The summed E-state index contributed by atoms with van der Waals surface area (Å²) in [5.74, 6) is 3.16. The molecule has 2 aromatic carbocycles. The zero-order chi connectivity index (χ0) is 21.8. The molecule has 31 heavy (non-hydrogen) atoms. The summed E-state index contributed by atoms with van der Waals surface area (Å²) >= 11 is 0. The van der Waals surface area contributed by atoms with Crippen molar-refractivity contribution in [2.75, 3.05) is 39.3 Å². The minimum absolute atomic E-state index is 0.422. The number of rotatable bonds is 6. The van der Waals surface area contributed by atoms with Gasteiger partial charge in [-0.2, -0.15) is 0 Å². The first-order valence-electron chi connectivity index (χ1n) is 11.1. The van der Waals surface area contributed by atoms with Gasteiger partial charge in [0, 0.05) is 62.0 Å². The fourth-order valence-electron chi connectivity index (χ4n) is 4.50. The lowest BCUT2D eigenvalue weighted by atomic mass is 10.0. The Hall–Kier alpha value is -2.89. The van der Waals surface area contributed by atoms with Gasteiger partial charge in [0.1, 0.15) is 11.5 Å². The second kappa shape index (κ2) is 9.50. The van der Waals surface area contributed by atoms with Gasteiger partial charge in [-0.15, -0.1) is 0 Å². The molecular formula is C25H34N4O2. The highest BCUT2D eigenvalue weighted by Crippen LogP contribution is 2.42. The van der Waals surface area contributed by atoms with Gasteiger partial charge in [0.05, 0.1) is 14.2 Å². The second-order valence-electron chi connectivity index (χ2n) is 8.50. The number of guanidine groups is 1. The summed E-state index contributed by atoms with van der Waals surface area (Å²) in [6.07, 6.45) is 3.29. The molecule has 1 saturated heterocycles. The second-order valence-corrected chi connectivity index (χ2v) is 8.50. The largest absolute Gasteiger partial charge is 0.497 e. The zero-order valence-electron chi connectivity index (χ0n) is 19.0. The molecule has 0 aromatic heterocycles. The zero-order valence-corrected chi connectivity index (χ0v) is 19.0. The van der Waals surface area contributed by atoms with E-state index in [1.807, 2.05) is 13.1 Å². The van der Waals surface area contributed by atoms with Crippen LogP contribution in [0.1, 0.15) is 36.3 Å². The molecular weight excluding hydrogens is 388 g/mol. The molecule has 2 N–H and O–H groups in total. The number of ether oxygens (including phenoxy) is 2. The monoisotopic (exact) mass is 422 g/mol. The molecule has 1 aliphatic carbocycles. The number of hydrogen-bond donors (Lipinski definition) is 2. The van der Waals surface area contributed by atoms with Gasteiger partial charge in [0.2, 0.25) is 0 Å². The van der Waals surface area contributed by atoms with Gasteiger partial charge in [-0.25, -0.2) is 0 Å². The Morgan fingerprint density at radius 2 is 1.68 bits per heavy atom. The van der Waals surface area contributed by atoms with E-state index in [2.05, 4.69) is 63.8 Å². The standard InChI is InChI=1S/C25H34N4O2/c1-17-7-5-6-8-22(17)23-16-24(23)28-25(26-2)27-18-9-11-29(12-10-18)19-13-20(30-3)15-21(14-19)31-4/h5-8,13-15,18,23-24H,9-12,16H2,1-4H3,(H2,26,27,28). The van der Waals surface area contributed by atoms with E-state index >= 15 is 0 Å². The molecule has 6 nitrogen and oxygen atoms in total. The first kappa shape index (κ1) is 21.3. The maximum atomic E-state index is 5.42. The van der Waals surface area contributed by atoms with E-state index < -0.39 is 0 Å². The lowest BCUT2D eigenvalue weighted by molar-refractivity contribution is 0.393. The Balaban J connectivity index is 1.29. The summed E-state index contributed by atoms with van der Waals surface area (Å²) in [5, 5.41) is 7.27. The predicted molar refractivity (Wildman–Crippen MR) is 127 cm³/mol. The highest BCUT2D eigenvalue weighted by Gasteiger charge is 2.40. The van der Waals surface area contributed by atoms with Crippen molar-refractivity contribution in [3.8, 4) is 11.5 Å². The van der Waals surface area contributed by atoms with Crippen LogP contribution >= 0.6 is 0 Å². The van der Waals surface area contributed by atoms with Gasteiger partial charge in [0.15, 0.2) is 5.96 Å². The molecule has 2 aliphatic rings. The predicted octanol–water partition coefficient (Wildman–Crippen LogP) is 3.70. The topological polar surface area (TPSA) is 58.1 Å². The highest BCUT2D eigenvalue weighted by atomic mass is 16.5. The minimum Gasteiger partial charge on any atom is -0.497 e.